The van der Waals surface area contributed by atoms with E-state index in [4.69, 9.17) is 13.9 Å². The van der Waals surface area contributed by atoms with Gasteiger partial charge in [0.15, 0.2) is 11.5 Å². The third kappa shape index (κ3) is 5.33. The molecule has 1 saturated heterocycles. The molecule has 174 valence electrons. The molecule has 3 aromatic rings. The first-order valence-corrected chi connectivity index (χ1v) is 11.9. The van der Waals surface area contributed by atoms with Crippen molar-refractivity contribution in [3.05, 3.63) is 85.3 Å². The molecule has 4 rings (SSSR count). The Hall–Kier alpha value is -3.12. The zero-order valence-electron chi connectivity index (χ0n) is 17.8. The maximum atomic E-state index is 12.9. The third-order valence-corrected chi connectivity index (χ3v) is 6.27. The fourth-order valence-corrected chi connectivity index (χ4v) is 4.31. The first-order chi connectivity index (χ1) is 16.4. The first-order valence-electron chi connectivity index (χ1n) is 10.0. The summed E-state index contributed by atoms with van der Waals surface area (Å²) in [5.41, 5.74) is 1.36. The van der Waals surface area contributed by atoms with Gasteiger partial charge in [-0.2, -0.15) is 0 Å². The number of hydrogen-bond acceptors (Lipinski definition) is 6. The number of carbonyl (C=O) groups is 3. The molecule has 1 aromatic heterocycles. The topological polar surface area (TPSA) is 98.1 Å². The van der Waals surface area contributed by atoms with Crippen molar-refractivity contribution in [2.24, 2.45) is 0 Å². The van der Waals surface area contributed by atoms with E-state index >= 15 is 0 Å². The smallest absolute Gasteiger partial charge is 0.331 e. The Morgan fingerprint density at radius 3 is 2.59 bits per heavy atom. The van der Waals surface area contributed by atoms with Crippen molar-refractivity contribution < 1.29 is 28.3 Å². The molecule has 2 heterocycles. The molecule has 2 aromatic carbocycles. The predicted octanol–water partition coefficient (Wildman–Crippen LogP) is 4.90. The van der Waals surface area contributed by atoms with E-state index < -0.39 is 17.8 Å². The molecule has 34 heavy (non-hydrogen) atoms. The van der Waals surface area contributed by atoms with E-state index in [2.05, 4.69) is 43.8 Å². The van der Waals surface area contributed by atoms with E-state index in [1.807, 2.05) is 24.3 Å². The van der Waals surface area contributed by atoms with Crippen molar-refractivity contribution in [3.63, 3.8) is 0 Å². The molecule has 0 aliphatic carbocycles. The van der Waals surface area contributed by atoms with Gasteiger partial charge in [0.05, 0.1) is 23.5 Å². The van der Waals surface area contributed by atoms with Crippen molar-refractivity contribution in [2.45, 2.75) is 13.2 Å². The van der Waals surface area contributed by atoms with Crippen LogP contribution in [0, 0.1) is 3.57 Å². The molecule has 4 amide bonds. The van der Waals surface area contributed by atoms with Gasteiger partial charge in [-0.1, -0.05) is 28.1 Å². The minimum Gasteiger partial charge on any atom is -0.493 e. The van der Waals surface area contributed by atoms with Crippen molar-refractivity contribution >= 4 is 62.4 Å². The number of nitrogens with zero attached hydrogens (tertiary/aromatic N) is 1. The van der Waals surface area contributed by atoms with Gasteiger partial charge in [-0.15, -0.1) is 0 Å². The van der Waals surface area contributed by atoms with Gasteiger partial charge >= 0.3 is 6.03 Å². The van der Waals surface area contributed by atoms with Gasteiger partial charge in [0.25, 0.3) is 11.8 Å². The second-order valence-corrected chi connectivity index (χ2v) is 9.32. The van der Waals surface area contributed by atoms with Crippen LogP contribution < -0.4 is 14.8 Å². The van der Waals surface area contributed by atoms with Crippen LogP contribution in [0.15, 0.2) is 69.3 Å². The van der Waals surface area contributed by atoms with E-state index in [1.165, 1.54) is 19.4 Å². The number of methoxy groups -OCH3 is 1. The summed E-state index contributed by atoms with van der Waals surface area (Å²) in [7, 11) is 1.51. The number of ether oxygens (including phenoxy) is 2. The second kappa shape index (κ2) is 10.4. The van der Waals surface area contributed by atoms with Crippen LogP contribution in [-0.4, -0.2) is 29.9 Å². The van der Waals surface area contributed by atoms with E-state index in [-0.39, 0.29) is 12.1 Å². The summed E-state index contributed by atoms with van der Waals surface area (Å²) >= 11 is 5.51. The Morgan fingerprint density at radius 1 is 1.15 bits per heavy atom. The van der Waals surface area contributed by atoms with Gasteiger partial charge in [-0.3, -0.25) is 19.8 Å². The molecule has 1 aliphatic heterocycles. The predicted molar refractivity (Wildman–Crippen MR) is 135 cm³/mol. The summed E-state index contributed by atoms with van der Waals surface area (Å²) < 4.78 is 18.4. The normalized spacial score (nSPS) is 15.0. The average Bonchev–Trinajstić information content (AvgIpc) is 3.33. The number of nitrogens with one attached hydrogen (secondary N) is 1. The van der Waals surface area contributed by atoms with E-state index in [9.17, 15) is 14.4 Å². The molecule has 0 unspecified atom stereocenters. The highest BCUT2D eigenvalue weighted by atomic mass is 127. The monoisotopic (exact) mass is 636 g/mol. The van der Waals surface area contributed by atoms with Crippen LogP contribution >= 0.6 is 38.5 Å². The summed E-state index contributed by atoms with van der Waals surface area (Å²) in [6.07, 6.45) is 2.86. The Labute approximate surface area is 217 Å². The molecule has 0 radical (unpaired) electrons. The van der Waals surface area contributed by atoms with Crippen LogP contribution in [0.4, 0.5) is 4.79 Å². The Kier molecular flexibility index (Phi) is 7.37. The number of carbonyl (C=O) groups excluding carboxylic acids is 3. The average molecular weight is 637 g/mol. The minimum atomic E-state index is -0.799. The molecule has 0 spiro atoms. The molecule has 1 N–H and O–H groups in total. The Bertz CT molecular complexity index is 1270. The molecule has 0 bridgehead atoms. The molecule has 1 fully saturated rings. The first kappa shape index (κ1) is 24.0. The SMILES string of the molecule is COc1cc(/C=C2\C(=O)NC(=O)N(Cc3ccco3)C2=O)cc(I)c1OCc1ccc(Br)cc1. The van der Waals surface area contributed by atoms with Crippen LogP contribution in [0.3, 0.4) is 0 Å². The summed E-state index contributed by atoms with van der Waals surface area (Å²) in [5, 5.41) is 2.20. The standard InChI is InChI=1S/C24H18BrIN2O6/c1-32-20-11-15(10-19(26)21(20)34-13-14-4-6-16(25)7-5-14)9-18-22(29)27-24(31)28(23(18)30)12-17-3-2-8-33-17/h2-11H,12-13H2,1H3,(H,27,29,31)/b18-9+. The number of hydrogen-bond donors (Lipinski definition) is 1. The number of halogens is 2. The van der Waals surface area contributed by atoms with E-state index in [0.717, 1.165) is 18.5 Å². The van der Waals surface area contributed by atoms with Gasteiger partial charge in [0.2, 0.25) is 0 Å². The van der Waals surface area contributed by atoms with Gasteiger partial charge in [0.1, 0.15) is 17.9 Å². The lowest BCUT2D eigenvalue weighted by molar-refractivity contribution is -0.130. The summed E-state index contributed by atoms with van der Waals surface area (Å²) in [5.74, 6) is -0.0733. The van der Waals surface area contributed by atoms with E-state index in [1.54, 1.807) is 24.3 Å². The number of furan rings is 1. The van der Waals surface area contributed by atoms with Crippen molar-refractivity contribution in [2.75, 3.05) is 7.11 Å². The number of rotatable bonds is 7. The zero-order valence-corrected chi connectivity index (χ0v) is 21.6. The molecule has 8 nitrogen and oxygen atoms in total. The van der Waals surface area contributed by atoms with Gasteiger partial charge < -0.3 is 13.9 Å². The zero-order chi connectivity index (χ0) is 24.2. The quantitative estimate of drug-likeness (QED) is 0.225. The largest absolute Gasteiger partial charge is 0.493 e. The third-order valence-electron chi connectivity index (χ3n) is 4.94. The number of imide groups is 2. The number of urea groups is 1. The van der Waals surface area contributed by atoms with Crippen LogP contribution in [0.2, 0.25) is 0 Å². The second-order valence-electron chi connectivity index (χ2n) is 7.24. The molecular weight excluding hydrogens is 619 g/mol. The number of amides is 4. The van der Waals surface area contributed by atoms with Crippen molar-refractivity contribution in [1.82, 2.24) is 10.2 Å². The van der Waals surface area contributed by atoms with Crippen LogP contribution in [0.25, 0.3) is 6.08 Å². The van der Waals surface area contributed by atoms with Crippen LogP contribution in [-0.2, 0) is 22.7 Å². The molecule has 0 saturated carbocycles. The van der Waals surface area contributed by atoms with Crippen LogP contribution in [0.1, 0.15) is 16.9 Å². The van der Waals surface area contributed by atoms with E-state index in [0.29, 0.717) is 29.4 Å². The highest BCUT2D eigenvalue weighted by Gasteiger charge is 2.36. The van der Waals surface area contributed by atoms with Crippen LogP contribution in [0.5, 0.6) is 11.5 Å². The fraction of sp³-hybridized carbons (Fsp3) is 0.125. The Morgan fingerprint density at radius 2 is 1.91 bits per heavy atom. The lowest BCUT2D eigenvalue weighted by Gasteiger charge is -2.25. The highest BCUT2D eigenvalue weighted by Crippen LogP contribution is 2.35. The highest BCUT2D eigenvalue weighted by molar-refractivity contribution is 14.1. The number of benzene rings is 2. The lowest BCUT2D eigenvalue weighted by atomic mass is 10.1. The van der Waals surface area contributed by atoms with Gasteiger partial charge in [0, 0.05) is 4.47 Å². The van der Waals surface area contributed by atoms with Gasteiger partial charge in [-0.05, 0) is 76.2 Å². The van der Waals surface area contributed by atoms with Crippen molar-refractivity contribution in [3.8, 4) is 11.5 Å². The maximum absolute atomic E-state index is 12.9. The Balaban J connectivity index is 1.59. The lowest BCUT2D eigenvalue weighted by Crippen LogP contribution is -2.53. The van der Waals surface area contributed by atoms with Crippen molar-refractivity contribution in [1.29, 1.82) is 0 Å². The maximum Gasteiger partial charge on any atom is 0.331 e. The molecule has 1 aliphatic rings. The summed E-state index contributed by atoms with van der Waals surface area (Å²) in [6, 6.07) is 13.7. The summed E-state index contributed by atoms with van der Waals surface area (Å²) in [6.45, 7) is 0.247. The summed E-state index contributed by atoms with van der Waals surface area (Å²) in [4.78, 5) is 38.5. The van der Waals surface area contributed by atoms with Gasteiger partial charge in [-0.25, -0.2) is 4.79 Å². The molecule has 0 atom stereocenters. The number of barbiturate groups is 1. The molecular formula is C24H18BrIN2O6. The molecule has 10 heteroatoms. The minimum absolute atomic E-state index is 0.0913. The fourth-order valence-electron chi connectivity index (χ4n) is 3.26.